The highest BCUT2D eigenvalue weighted by atomic mass is 16.5. The molecule has 8 nitrogen and oxygen atoms in total. The van der Waals surface area contributed by atoms with Gasteiger partial charge in [-0.25, -0.2) is 4.98 Å². The normalized spacial score (nSPS) is 14.4. The first-order valence-electron chi connectivity index (χ1n) is 11.8. The van der Waals surface area contributed by atoms with E-state index < -0.39 is 0 Å². The minimum Gasteiger partial charge on any atom is -0.497 e. The van der Waals surface area contributed by atoms with Crippen LogP contribution < -0.4 is 10.3 Å². The average Bonchev–Trinajstić information content (AvgIpc) is 3.23. The van der Waals surface area contributed by atoms with Gasteiger partial charge in [-0.2, -0.15) is 0 Å². The van der Waals surface area contributed by atoms with E-state index in [4.69, 9.17) is 4.74 Å². The molecule has 1 aliphatic heterocycles. The van der Waals surface area contributed by atoms with Crippen LogP contribution in [0.1, 0.15) is 5.56 Å². The van der Waals surface area contributed by atoms with Gasteiger partial charge in [-0.1, -0.05) is 42.5 Å². The number of rotatable bonds is 6. The van der Waals surface area contributed by atoms with Gasteiger partial charge < -0.3 is 14.2 Å². The Morgan fingerprint density at radius 1 is 1.03 bits per heavy atom. The summed E-state index contributed by atoms with van der Waals surface area (Å²) >= 11 is 0. The topological polar surface area (TPSA) is 72.6 Å². The number of hydrogen-bond acceptors (Lipinski definition) is 5. The average molecular weight is 472 g/mol. The number of ether oxygens (including phenoxy) is 1. The number of methoxy groups -OCH3 is 1. The zero-order valence-corrected chi connectivity index (χ0v) is 20.1. The Kier molecular flexibility index (Phi) is 6.37. The maximum atomic E-state index is 13.3. The van der Waals surface area contributed by atoms with Crippen LogP contribution in [-0.4, -0.2) is 63.1 Å². The van der Waals surface area contributed by atoms with Crippen LogP contribution in [0.25, 0.3) is 22.2 Å². The fourth-order valence-electron chi connectivity index (χ4n) is 4.67. The highest BCUT2D eigenvalue weighted by Gasteiger charge is 2.23. The number of aromatic nitrogens is 3. The molecule has 0 atom stereocenters. The quantitative estimate of drug-likeness (QED) is 0.432. The minimum atomic E-state index is -0.220. The lowest BCUT2D eigenvalue weighted by atomic mass is 10.1. The monoisotopic (exact) mass is 471 g/mol. The second-order valence-electron chi connectivity index (χ2n) is 8.90. The molecule has 1 fully saturated rings. The molecule has 1 saturated heterocycles. The first kappa shape index (κ1) is 22.9. The number of carbonyl (C=O) groups excluding carboxylic acids is 1. The molecule has 0 saturated carbocycles. The molecule has 0 spiro atoms. The summed E-state index contributed by atoms with van der Waals surface area (Å²) in [6.45, 7) is 3.80. The molecule has 0 unspecified atom stereocenters. The van der Waals surface area contributed by atoms with Crippen molar-refractivity contribution in [3.05, 3.63) is 83.0 Å². The van der Waals surface area contributed by atoms with Crippen LogP contribution in [0.5, 0.6) is 5.75 Å². The number of fused-ring (bicyclic) bond motifs is 1. The van der Waals surface area contributed by atoms with Crippen molar-refractivity contribution in [2.24, 2.45) is 7.05 Å². The molecule has 0 bridgehead atoms. The summed E-state index contributed by atoms with van der Waals surface area (Å²) < 4.78 is 8.53. The summed E-state index contributed by atoms with van der Waals surface area (Å²) in [5, 5.41) is 0. The second-order valence-corrected chi connectivity index (χ2v) is 8.90. The molecule has 35 heavy (non-hydrogen) atoms. The largest absolute Gasteiger partial charge is 0.497 e. The summed E-state index contributed by atoms with van der Waals surface area (Å²) in [7, 11) is 3.45. The van der Waals surface area contributed by atoms with Gasteiger partial charge >= 0.3 is 0 Å². The molecule has 0 N–H and O–H groups in total. The standard InChI is InChI=1S/C27H29N5O3/c1-29-17-23(21-9-6-10-22(15-21)35-2)25-26(29)27(34)32(19-28-25)18-24(33)31-13-11-30(12-14-31)16-20-7-4-3-5-8-20/h3-10,15,17,19H,11-14,16,18H2,1-2H3. The van der Waals surface area contributed by atoms with Crippen molar-refractivity contribution in [3.63, 3.8) is 0 Å². The van der Waals surface area contributed by atoms with Gasteiger partial charge in [0, 0.05) is 51.5 Å². The Morgan fingerprint density at radius 2 is 1.80 bits per heavy atom. The van der Waals surface area contributed by atoms with Gasteiger partial charge in [-0.3, -0.25) is 19.1 Å². The van der Waals surface area contributed by atoms with Crippen LogP contribution in [0.4, 0.5) is 0 Å². The molecular formula is C27H29N5O3. The van der Waals surface area contributed by atoms with Gasteiger partial charge in [-0.05, 0) is 23.3 Å². The van der Waals surface area contributed by atoms with E-state index in [2.05, 4.69) is 22.0 Å². The lowest BCUT2D eigenvalue weighted by molar-refractivity contribution is -0.133. The molecule has 8 heteroatoms. The summed E-state index contributed by atoms with van der Waals surface area (Å²) in [5.41, 5.74) is 3.92. The third-order valence-corrected chi connectivity index (χ3v) is 6.60. The SMILES string of the molecule is COc1cccc(-c2cn(C)c3c(=O)n(CC(=O)N4CCN(Cc5ccccc5)CC4)cnc23)c1. The Hall–Kier alpha value is -3.91. The van der Waals surface area contributed by atoms with Crippen LogP contribution in [-0.2, 0) is 24.9 Å². The third-order valence-electron chi connectivity index (χ3n) is 6.60. The first-order valence-corrected chi connectivity index (χ1v) is 11.8. The van der Waals surface area contributed by atoms with Crippen molar-refractivity contribution in [3.8, 4) is 16.9 Å². The highest BCUT2D eigenvalue weighted by Crippen LogP contribution is 2.29. The zero-order valence-electron chi connectivity index (χ0n) is 20.1. The van der Waals surface area contributed by atoms with Crippen LogP contribution in [0.2, 0.25) is 0 Å². The third kappa shape index (κ3) is 4.70. The van der Waals surface area contributed by atoms with E-state index in [0.717, 1.165) is 36.5 Å². The Bertz CT molecular complexity index is 1400. The fourth-order valence-corrected chi connectivity index (χ4v) is 4.67. The maximum Gasteiger partial charge on any atom is 0.278 e. The van der Waals surface area contributed by atoms with Gasteiger partial charge in [0.2, 0.25) is 5.91 Å². The zero-order chi connectivity index (χ0) is 24.4. The predicted octanol–water partition coefficient (Wildman–Crippen LogP) is 2.76. The Labute approximate surface area is 204 Å². The van der Waals surface area contributed by atoms with E-state index >= 15 is 0 Å². The molecule has 0 radical (unpaired) electrons. The van der Waals surface area contributed by atoms with Crippen LogP contribution >= 0.6 is 0 Å². The molecule has 1 amide bonds. The van der Waals surface area contributed by atoms with Crippen molar-refractivity contribution in [1.82, 2.24) is 23.9 Å². The van der Waals surface area contributed by atoms with E-state index in [1.165, 1.54) is 16.5 Å². The van der Waals surface area contributed by atoms with E-state index in [0.29, 0.717) is 24.1 Å². The number of amides is 1. The fraction of sp³-hybridized carbons (Fsp3) is 0.296. The van der Waals surface area contributed by atoms with Crippen molar-refractivity contribution in [1.29, 1.82) is 0 Å². The summed E-state index contributed by atoms with van der Waals surface area (Å²) in [6.07, 6.45) is 3.38. The van der Waals surface area contributed by atoms with E-state index in [1.807, 2.05) is 60.6 Å². The Morgan fingerprint density at radius 3 is 2.54 bits per heavy atom. The van der Waals surface area contributed by atoms with Crippen LogP contribution in [0.3, 0.4) is 0 Å². The van der Waals surface area contributed by atoms with E-state index in [9.17, 15) is 9.59 Å². The number of hydrogen-bond donors (Lipinski definition) is 0. The number of piperazine rings is 1. The lowest BCUT2D eigenvalue weighted by Gasteiger charge is -2.34. The molecule has 180 valence electrons. The molecule has 5 rings (SSSR count). The van der Waals surface area contributed by atoms with Crippen LogP contribution in [0, 0.1) is 0 Å². The summed E-state index contributed by atoms with van der Waals surface area (Å²) in [6, 6.07) is 18.0. The van der Waals surface area contributed by atoms with Gasteiger partial charge in [0.05, 0.1) is 13.4 Å². The van der Waals surface area contributed by atoms with Crippen molar-refractivity contribution >= 4 is 16.9 Å². The van der Waals surface area contributed by atoms with E-state index in [-0.39, 0.29) is 18.0 Å². The molecular weight excluding hydrogens is 442 g/mol. The molecule has 1 aliphatic rings. The van der Waals surface area contributed by atoms with Gasteiger partial charge in [0.1, 0.15) is 23.3 Å². The van der Waals surface area contributed by atoms with Gasteiger partial charge in [0.15, 0.2) is 0 Å². The van der Waals surface area contributed by atoms with E-state index in [1.54, 1.807) is 11.7 Å². The lowest BCUT2D eigenvalue weighted by Crippen LogP contribution is -2.49. The van der Waals surface area contributed by atoms with Crippen molar-refractivity contribution < 1.29 is 9.53 Å². The second kappa shape index (κ2) is 9.76. The Balaban J connectivity index is 1.30. The molecule has 3 heterocycles. The number of nitrogens with zero attached hydrogens (tertiary/aromatic N) is 5. The highest BCUT2D eigenvalue weighted by molar-refractivity contribution is 5.92. The molecule has 0 aliphatic carbocycles. The smallest absolute Gasteiger partial charge is 0.278 e. The molecule has 4 aromatic rings. The summed E-state index contributed by atoms with van der Waals surface area (Å²) in [4.78, 5) is 35.1. The van der Waals surface area contributed by atoms with Crippen molar-refractivity contribution in [2.45, 2.75) is 13.1 Å². The minimum absolute atomic E-state index is 0.0138. The number of benzene rings is 2. The predicted molar refractivity (Wildman–Crippen MR) is 135 cm³/mol. The summed E-state index contributed by atoms with van der Waals surface area (Å²) in [5.74, 6) is 0.678. The molecule has 2 aromatic carbocycles. The first-order chi connectivity index (χ1) is 17.0. The van der Waals surface area contributed by atoms with Gasteiger partial charge in [0.25, 0.3) is 5.56 Å². The molecule has 2 aromatic heterocycles. The maximum absolute atomic E-state index is 13.3. The number of carbonyl (C=O) groups is 1. The number of aryl methyl sites for hydroxylation is 1. The van der Waals surface area contributed by atoms with Crippen molar-refractivity contribution in [2.75, 3.05) is 33.3 Å². The van der Waals surface area contributed by atoms with Crippen LogP contribution in [0.15, 0.2) is 71.9 Å². The van der Waals surface area contributed by atoms with Gasteiger partial charge in [-0.15, -0.1) is 0 Å².